The van der Waals surface area contributed by atoms with Crippen LogP contribution in [0.15, 0.2) is 24.5 Å². The van der Waals surface area contributed by atoms with Crippen molar-refractivity contribution in [1.82, 2.24) is 25.5 Å². The second kappa shape index (κ2) is 8.00. The topological polar surface area (TPSA) is 81.9 Å². The third-order valence-electron chi connectivity index (χ3n) is 4.14. The number of carbonyl (C=O) groups excluding carboxylic acids is 1. The van der Waals surface area contributed by atoms with Crippen LogP contribution < -0.4 is 10.1 Å². The minimum Gasteiger partial charge on any atom is -0.490 e. The number of tetrazole rings is 1. The van der Waals surface area contributed by atoms with Gasteiger partial charge < -0.3 is 10.1 Å². The molecule has 1 aliphatic carbocycles. The summed E-state index contributed by atoms with van der Waals surface area (Å²) in [4.78, 5) is 11.9. The maximum absolute atomic E-state index is 13.2. The van der Waals surface area contributed by atoms with Crippen LogP contribution in [0, 0.1) is 11.6 Å². The number of nitrogens with one attached hydrogen (secondary N) is 1. The van der Waals surface area contributed by atoms with Gasteiger partial charge in [-0.05, 0) is 36.1 Å². The SMILES string of the molecule is O=C(CCn1cnnn1)NC1CCC(Oc2cc(F)cc(F)c2)CC1. The standard InChI is InChI=1S/C16H19F2N5O2/c17-11-7-12(18)9-15(8-11)25-14-3-1-13(2-4-14)20-16(24)5-6-23-10-19-21-22-23/h7-10,13-14H,1-6H2,(H,20,24). The number of aromatic nitrogens is 4. The molecule has 134 valence electrons. The summed E-state index contributed by atoms with van der Waals surface area (Å²) in [5.41, 5.74) is 0. The Kier molecular flexibility index (Phi) is 5.52. The van der Waals surface area contributed by atoms with Crippen molar-refractivity contribution in [2.24, 2.45) is 0 Å². The Bertz CT molecular complexity index is 682. The molecule has 0 atom stereocenters. The third-order valence-corrected chi connectivity index (χ3v) is 4.14. The van der Waals surface area contributed by atoms with E-state index in [4.69, 9.17) is 4.74 Å². The van der Waals surface area contributed by atoms with Gasteiger partial charge in [-0.25, -0.2) is 13.5 Å². The lowest BCUT2D eigenvalue weighted by atomic mass is 9.93. The maximum Gasteiger partial charge on any atom is 0.222 e. The van der Waals surface area contributed by atoms with Crippen molar-refractivity contribution in [2.45, 2.75) is 50.8 Å². The average Bonchev–Trinajstić information content (AvgIpc) is 3.07. The molecule has 1 aromatic heterocycles. The Labute approximate surface area is 143 Å². The minimum atomic E-state index is -0.654. The van der Waals surface area contributed by atoms with Crippen molar-refractivity contribution in [3.8, 4) is 5.75 Å². The van der Waals surface area contributed by atoms with Crippen LogP contribution >= 0.6 is 0 Å². The molecule has 3 rings (SSSR count). The number of halogens is 2. The predicted octanol–water partition coefficient (Wildman–Crippen LogP) is 1.85. The molecular weight excluding hydrogens is 332 g/mol. The number of carbonyl (C=O) groups is 1. The smallest absolute Gasteiger partial charge is 0.222 e. The zero-order valence-corrected chi connectivity index (χ0v) is 13.6. The first kappa shape index (κ1) is 17.2. The summed E-state index contributed by atoms with van der Waals surface area (Å²) < 4.78 is 33.5. The van der Waals surface area contributed by atoms with Crippen molar-refractivity contribution in [2.75, 3.05) is 0 Å². The molecule has 0 unspecified atom stereocenters. The first-order chi connectivity index (χ1) is 12.1. The van der Waals surface area contributed by atoms with Crippen LogP contribution in [0.25, 0.3) is 0 Å². The van der Waals surface area contributed by atoms with Gasteiger partial charge in [0.2, 0.25) is 5.91 Å². The summed E-state index contributed by atoms with van der Waals surface area (Å²) in [6.45, 7) is 0.433. The van der Waals surface area contributed by atoms with Gasteiger partial charge in [-0.2, -0.15) is 0 Å². The van der Waals surface area contributed by atoms with E-state index in [1.807, 2.05) is 0 Å². The summed E-state index contributed by atoms with van der Waals surface area (Å²) >= 11 is 0. The molecule has 1 N–H and O–H groups in total. The highest BCUT2D eigenvalue weighted by Gasteiger charge is 2.23. The van der Waals surface area contributed by atoms with E-state index in [2.05, 4.69) is 20.8 Å². The van der Waals surface area contributed by atoms with Crippen molar-refractivity contribution in [3.63, 3.8) is 0 Å². The molecule has 1 amide bonds. The van der Waals surface area contributed by atoms with Crippen LogP contribution in [0.4, 0.5) is 8.78 Å². The fourth-order valence-corrected chi connectivity index (χ4v) is 2.91. The van der Waals surface area contributed by atoms with Gasteiger partial charge in [0.1, 0.15) is 23.7 Å². The number of hydrogen-bond donors (Lipinski definition) is 1. The average molecular weight is 351 g/mol. The second-order valence-corrected chi connectivity index (χ2v) is 6.09. The second-order valence-electron chi connectivity index (χ2n) is 6.09. The molecule has 1 aromatic carbocycles. The Balaban J connectivity index is 1.40. The van der Waals surface area contributed by atoms with Crippen LogP contribution in [0.3, 0.4) is 0 Å². The molecule has 0 bridgehead atoms. The molecule has 1 saturated carbocycles. The number of ether oxygens (including phenoxy) is 1. The number of rotatable bonds is 6. The molecule has 7 nitrogen and oxygen atoms in total. The number of amides is 1. The molecule has 9 heteroatoms. The Morgan fingerprint density at radius 1 is 1.20 bits per heavy atom. The summed E-state index contributed by atoms with van der Waals surface area (Å²) in [6, 6.07) is 3.26. The van der Waals surface area contributed by atoms with Gasteiger partial charge in [-0.15, -0.1) is 5.10 Å². The molecule has 2 aromatic rings. The molecule has 1 fully saturated rings. The predicted molar refractivity (Wildman–Crippen MR) is 83.6 cm³/mol. The fraction of sp³-hybridized carbons (Fsp3) is 0.500. The van der Waals surface area contributed by atoms with Crippen molar-refractivity contribution < 1.29 is 18.3 Å². The van der Waals surface area contributed by atoms with Crippen LogP contribution in [-0.4, -0.2) is 38.3 Å². The summed E-state index contributed by atoms with van der Waals surface area (Å²) in [5.74, 6) is -1.16. The largest absolute Gasteiger partial charge is 0.490 e. The van der Waals surface area contributed by atoms with E-state index in [-0.39, 0.29) is 23.8 Å². The maximum atomic E-state index is 13.2. The van der Waals surface area contributed by atoms with E-state index in [1.54, 1.807) is 0 Å². The van der Waals surface area contributed by atoms with Crippen LogP contribution in [-0.2, 0) is 11.3 Å². The third kappa shape index (κ3) is 5.20. The van der Waals surface area contributed by atoms with Crippen LogP contribution in [0.2, 0.25) is 0 Å². The molecular formula is C16H19F2N5O2. The van der Waals surface area contributed by atoms with Gasteiger partial charge in [-0.3, -0.25) is 4.79 Å². The van der Waals surface area contributed by atoms with E-state index in [0.29, 0.717) is 13.0 Å². The minimum absolute atomic E-state index is 0.0490. The van der Waals surface area contributed by atoms with E-state index in [1.165, 1.54) is 23.1 Å². The van der Waals surface area contributed by atoms with E-state index in [0.717, 1.165) is 31.7 Å². The Hall–Kier alpha value is -2.58. The first-order valence-electron chi connectivity index (χ1n) is 8.21. The lowest BCUT2D eigenvalue weighted by Crippen LogP contribution is -2.40. The number of nitrogens with zero attached hydrogens (tertiary/aromatic N) is 4. The zero-order valence-electron chi connectivity index (χ0n) is 13.6. The summed E-state index contributed by atoms with van der Waals surface area (Å²) in [5, 5.41) is 13.7. The quantitative estimate of drug-likeness (QED) is 0.859. The molecule has 0 spiro atoms. The Morgan fingerprint density at radius 2 is 1.92 bits per heavy atom. The highest BCUT2D eigenvalue weighted by molar-refractivity contribution is 5.76. The van der Waals surface area contributed by atoms with Gasteiger partial charge in [0.25, 0.3) is 0 Å². The van der Waals surface area contributed by atoms with Gasteiger partial charge in [0, 0.05) is 30.7 Å². The van der Waals surface area contributed by atoms with Gasteiger partial charge in [0.15, 0.2) is 0 Å². The lowest BCUT2D eigenvalue weighted by molar-refractivity contribution is -0.122. The number of hydrogen-bond acceptors (Lipinski definition) is 5. The van der Waals surface area contributed by atoms with Crippen LogP contribution in [0.5, 0.6) is 5.75 Å². The first-order valence-corrected chi connectivity index (χ1v) is 8.21. The highest BCUT2D eigenvalue weighted by Crippen LogP contribution is 2.25. The number of benzene rings is 1. The molecule has 0 saturated heterocycles. The molecule has 1 heterocycles. The van der Waals surface area contributed by atoms with E-state index >= 15 is 0 Å². The van der Waals surface area contributed by atoms with Gasteiger partial charge in [-0.1, -0.05) is 0 Å². The highest BCUT2D eigenvalue weighted by atomic mass is 19.1. The molecule has 0 aliphatic heterocycles. The lowest BCUT2D eigenvalue weighted by Gasteiger charge is -2.29. The normalized spacial score (nSPS) is 20.2. The van der Waals surface area contributed by atoms with Gasteiger partial charge >= 0.3 is 0 Å². The Morgan fingerprint density at radius 3 is 2.56 bits per heavy atom. The van der Waals surface area contributed by atoms with E-state index in [9.17, 15) is 13.6 Å². The van der Waals surface area contributed by atoms with Crippen LogP contribution in [0.1, 0.15) is 32.1 Å². The fourth-order valence-electron chi connectivity index (χ4n) is 2.91. The summed E-state index contributed by atoms with van der Waals surface area (Å²) in [7, 11) is 0. The molecule has 0 radical (unpaired) electrons. The number of aryl methyl sites for hydroxylation is 1. The van der Waals surface area contributed by atoms with Crippen molar-refractivity contribution in [1.29, 1.82) is 0 Å². The van der Waals surface area contributed by atoms with Gasteiger partial charge in [0.05, 0.1) is 12.6 Å². The van der Waals surface area contributed by atoms with E-state index < -0.39 is 11.6 Å². The van der Waals surface area contributed by atoms with Crippen molar-refractivity contribution >= 4 is 5.91 Å². The zero-order chi connectivity index (χ0) is 17.6. The molecule has 25 heavy (non-hydrogen) atoms. The molecule has 1 aliphatic rings. The van der Waals surface area contributed by atoms with Crippen molar-refractivity contribution in [3.05, 3.63) is 36.2 Å². The monoisotopic (exact) mass is 351 g/mol. The summed E-state index contributed by atoms with van der Waals surface area (Å²) in [6.07, 6.45) is 4.63.